The summed E-state index contributed by atoms with van der Waals surface area (Å²) >= 11 is 6.22. The van der Waals surface area contributed by atoms with Crippen LogP contribution in [-0.4, -0.2) is 90.3 Å². The molecule has 4 N–H and O–H groups in total. The maximum atomic E-state index is 13.8. The third-order valence-electron chi connectivity index (χ3n) is 11.6. The molecule has 1 unspecified atom stereocenters. The number of likely N-dealkylation sites (tertiary alicyclic amines) is 1. The number of amides is 4. The van der Waals surface area contributed by atoms with Crippen molar-refractivity contribution in [3.63, 3.8) is 0 Å². The summed E-state index contributed by atoms with van der Waals surface area (Å²) in [5.74, 6) is -0.403. The first-order valence-electron chi connectivity index (χ1n) is 20.8. The first-order valence-corrected chi connectivity index (χ1v) is 21.2. The van der Waals surface area contributed by atoms with E-state index in [-0.39, 0.29) is 50.8 Å². The third kappa shape index (κ3) is 11.4. The van der Waals surface area contributed by atoms with Gasteiger partial charge < -0.3 is 40.2 Å². The summed E-state index contributed by atoms with van der Waals surface area (Å²) < 4.78 is 17.8. The number of hydrogen-bond acceptors (Lipinski definition) is 10. The maximum Gasteiger partial charge on any atom is 0.251 e. The predicted molar refractivity (Wildman–Crippen MR) is 232 cm³/mol. The molecule has 2 fully saturated rings. The van der Waals surface area contributed by atoms with E-state index >= 15 is 0 Å². The van der Waals surface area contributed by atoms with Crippen molar-refractivity contribution in [1.82, 2.24) is 20.9 Å². The van der Waals surface area contributed by atoms with E-state index in [0.717, 1.165) is 5.56 Å². The fraction of sp³-hybridized carbons (Fsp3) is 0.489. The van der Waals surface area contributed by atoms with Gasteiger partial charge in [0.25, 0.3) is 5.91 Å². The van der Waals surface area contributed by atoms with Crippen molar-refractivity contribution in [3.05, 3.63) is 94.0 Å². The van der Waals surface area contributed by atoms with Gasteiger partial charge in [0.2, 0.25) is 17.7 Å². The van der Waals surface area contributed by atoms with Crippen LogP contribution in [0.5, 0.6) is 11.5 Å². The second kappa shape index (κ2) is 20.0. The second-order valence-electron chi connectivity index (χ2n) is 18.2. The molecular weight excluding hydrogens is 812 g/mol. The molecule has 3 aromatic rings. The van der Waals surface area contributed by atoms with E-state index in [1.807, 2.05) is 54.5 Å². The van der Waals surface area contributed by atoms with Gasteiger partial charge in [-0.2, -0.15) is 10.5 Å². The molecule has 4 amide bonds. The number of aliphatic hydroxyl groups excluding tert-OH is 1. The molecule has 0 bridgehead atoms. The fourth-order valence-corrected chi connectivity index (χ4v) is 8.71. The van der Waals surface area contributed by atoms with Crippen molar-refractivity contribution >= 4 is 35.2 Å². The van der Waals surface area contributed by atoms with Crippen LogP contribution >= 0.6 is 11.6 Å². The summed E-state index contributed by atoms with van der Waals surface area (Å²) in [6.45, 7) is 14.2. The monoisotopic (exact) mass is 868 g/mol. The molecule has 1 heterocycles. The molecule has 5 rings (SSSR count). The summed E-state index contributed by atoms with van der Waals surface area (Å²) in [6, 6.07) is 20.7. The average molecular weight is 869 g/mol. The maximum absolute atomic E-state index is 13.8. The fourth-order valence-electron chi connectivity index (χ4n) is 8.50. The topological polar surface area (TPSA) is 203 Å². The van der Waals surface area contributed by atoms with Crippen LogP contribution in [0.15, 0.2) is 66.7 Å². The molecule has 0 spiro atoms. The van der Waals surface area contributed by atoms with Crippen molar-refractivity contribution in [3.8, 4) is 23.6 Å². The average Bonchev–Trinajstić information content (AvgIpc) is 3.63. The summed E-state index contributed by atoms with van der Waals surface area (Å²) in [6.07, 6.45) is 0.206. The van der Waals surface area contributed by atoms with E-state index in [0.29, 0.717) is 52.7 Å². The van der Waals surface area contributed by atoms with E-state index in [2.05, 4.69) is 22.0 Å². The summed E-state index contributed by atoms with van der Waals surface area (Å²) in [4.78, 5) is 54.7. The van der Waals surface area contributed by atoms with Crippen molar-refractivity contribution in [1.29, 1.82) is 10.5 Å². The second-order valence-corrected chi connectivity index (χ2v) is 18.6. The molecule has 14 nitrogen and oxygen atoms in total. The molecule has 1 saturated heterocycles. The Morgan fingerprint density at radius 2 is 1.56 bits per heavy atom. The highest BCUT2D eigenvalue weighted by Gasteiger charge is 2.64. The van der Waals surface area contributed by atoms with Crippen molar-refractivity contribution in [2.75, 3.05) is 26.4 Å². The molecule has 1 aliphatic carbocycles. The lowest BCUT2D eigenvalue weighted by atomic mass is 9.49. The molecular formula is C47H57ClN6O8. The number of unbranched alkanes of at least 4 members (excludes halogenated alkanes) is 1. The van der Waals surface area contributed by atoms with Crippen LogP contribution in [-0.2, 0) is 25.7 Å². The minimum atomic E-state index is -0.978. The molecule has 62 heavy (non-hydrogen) atoms. The first kappa shape index (κ1) is 47.4. The Bertz CT molecular complexity index is 2160. The first-order chi connectivity index (χ1) is 29.3. The number of ether oxygens (including phenoxy) is 3. The van der Waals surface area contributed by atoms with Crippen LogP contribution in [0.25, 0.3) is 0 Å². The number of hydrogen-bond donors (Lipinski definition) is 4. The van der Waals surface area contributed by atoms with E-state index in [1.165, 1.54) is 4.90 Å². The number of aliphatic hydroxyl groups is 1. The summed E-state index contributed by atoms with van der Waals surface area (Å²) in [7, 11) is 0. The molecule has 0 aromatic heterocycles. The number of nitrogens with one attached hydrogen (secondary N) is 3. The van der Waals surface area contributed by atoms with Gasteiger partial charge in [-0.05, 0) is 72.4 Å². The highest BCUT2D eigenvalue weighted by atomic mass is 35.5. The van der Waals surface area contributed by atoms with Crippen molar-refractivity contribution < 1.29 is 38.5 Å². The number of rotatable bonds is 17. The molecule has 330 valence electrons. The molecule has 3 aromatic carbocycles. The smallest absolute Gasteiger partial charge is 0.251 e. The number of benzene rings is 3. The Morgan fingerprint density at radius 1 is 0.919 bits per heavy atom. The van der Waals surface area contributed by atoms with E-state index in [1.54, 1.807) is 66.7 Å². The lowest BCUT2D eigenvalue weighted by molar-refractivity contribution is -0.164. The Hall–Kier alpha value is -5.67. The SMILES string of the molecule is CC(C)(C)C(NC(=O)COCCCCOc1ccc(C(=O)N[C@H]2C(C)(C)[C@H](Oc3ccc(C#N)c(Cl)c3)C2(C)C)cc1)C(=O)N1C[C@H](O)C[C@H]1C(=O)NCc1ccc(C#N)cc1. The Labute approximate surface area is 368 Å². The van der Waals surface area contributed by atoms with Gasteiger partial charge in [0.15, 0.2) is 0 Å². The number of carbonyl (C=O) groups is 4. The van der Waals surface area contributed by atoms with Crippen LogP contribution in [0.1, 0.15) is 94.8 Å². The molecule has 3 atom stereocenters. The van der Waals surface area contributed by atoms with Crippen LogP contribution in [0, 0.1) is 38.9 Å². The van der Waals surface area contributed by atoms with Gasteiger partial charge in [0.05, 0.1) is 34.9 Å². The van der Waals surface area contributed by atoms with E-state index < -0.39 is 52.2 Å². The molecule has 1 saturated carbocycles. The zero-order chi connectivity index (χ0) is 45.4. The van der Waals surface area contributed by atoms with Crippen molar-refractivity contribution in [2.24, 2.45) is 16.2 Å². The zero-order valence-electron chi connectivity index (χ0n) is 36.4. The van der Waals surface area contributed by atoms with Crippen LogP contribution < -0.4 is 25.4 Å². The van der Waals surface area contributed by atoms with E-state index in [4.69, 9.17) is 31.1 Å². The van der Waals surface area contributed by atoms with Gasteiger partial charge in [-0.25, -0.2) is 0 Å². The third-order valence-corrected chi connectivity index (χ3v) is 11.9. The minimum Gasteiger partial charge on any atom is -0.494 e. The van der Waals surface area contributed by atoms with Gasteiger partial charge in [0.1, 0.15) is 42.4 Å². The quantitative estimate of drug-likeness (QED) is 0.122. The predicted octanol–water partition coefficient (Wildman–Crippen LogP) is 5.68. The lowest BCUT2D eigenvalue weighted by Gasteiger charge is -2.63. The minimum absolute atomic E-state index is 0.0389. The molecule has 2 aliphatic rings. The van der Waals surface area contributed by atoms with Crippen molar-refractivity contribution in [2.45, 2.75) is 105 Å². The Balaban J connectivity index is 1.01. The van der Waals surface area contributed by atoms with Gasteiger partial charge in [-0.15, -0.1) is 0 Å². The lowest BCUT2D eigenvalue weighted by Crippen LogP contribution is -2.74. The summed E-state index contributed by atoms with van der Waals surface area (Å²) in [5.41, 5.74) is 0.644. The number of nitrogens with zero attached hydrogens (tertiary/aromatic N) is 3. The van der Waals surface area contributed by atoms with Crippen LogP contribution in [0.3, 0.4) is 0 Å². The highest BCUT2D eigenvalue weighted by Crippen LogP contribution is 2.55. The highest BCUT2D eigenvalue weighted by molar-refractivity contribution is 6.31. The molecule has 15 heteroatoms. The number of halogens is 1. The largest absolute Gasteiger partial charge is 0.494 e. The molecule has 0 radical (unpaired) electrons. The van der Waals surface area contributed by atoms with Crippen LogP contribution in [0.4, 0.5) is 0 Å². The Kier molecular flexibility index (Phi) is 15.3. The zero-order valence-corrected chi connectivity index (χ0v) is 37.2. The van der Waals surface area contributed by atoms with Gasteiger partial charge >= 0.3 is 0 Å². The standard InChI is InChI=1S/C47H57ClN6O8/c1-45(2,3)39(42(59)54-27-33(55)22-37(54)41(58)51-26-30-12-10-29(24-49)11-13-30)52-38(56)28-60-20-8-9-21-61-34-17-14-31(15-18-34)40(57)53-43-46(4,5)44(47(43,6)7)62-35-19-16-32(25-50)36(48)23-35/h10-19,23,33,37,39,43-44,55H,8-9,20-22,26-28H2,1-7H3,(H,51,58)(H,52,56)(H,53,57)/t33-,37+,39?,43-,44-/m1/s1. The number of β-amino-alcohol motifs (C(OH)–C–C–N with tert-alkyl or cyclic N) is 1. The van der Waals surface area contributed by atoms with E-state index in [9.17, 15) is 29.5 Å². The van der Waals surface area contributed by atoms with Crippen LogP contribution in [0.2, 0.25) is 5.02 Å². The normalized spacial score (nSPS) is 20.4. The summed E-state index contributed by atoms with van der Waals surface area (Å²) in [5, 5.41) is 37.8. The number of carbonyl (C=O) groups excluding carboxylic acids is 4. The number of nitriles is 2. The van der Waals surface area contributed by atoms with Gasteiger partial charge in [-0.1, -0.05) is 72.2 Å². The van der Waals surface area contributed by atoms with Gasteiger partial charge in [0, 0.05) is 54.6 Å². The Morgan fingerprint density at radius 3 is 2.18 bits per heavy atom. The van der Waals surface area contributed by atoms with Gasteiger partial charge in [-0.3, -0.25) is 19.2 Å². The molecule has 1 aliphatic heterocycles.